The van der Waals surface area contributed by atoms with Crippen LogP contribution in [0.5, 0.6) is 0 Å². The molecule has 33 heavy (non-hydrogen) atoms. The highest BCUT2D eigenvalue weighted by molar-refractivity contribution is 6.17. The van der Waals surface area contributed by atoms with Crippen LogP contribution in [0.2, 0.25) is 0 Å². The standard InChI is InChI=1S/C23H47ClO9/c1-3-23(2)22-33-21-20-32-19-18-31-17-16-30-15-14-29-13-12-28-11-10-27-9-8-26-7-6-25-5-4-24/h23H,3-22H2,1-2H3. The van der Waals surface area contributed by atoms with E-state index in [0.717, 1.165) is 13.0 Å². The summed E-state index contributed by atoms with van der Waals surface area (Å²) in [5.74, 6) is 1.11. The van der Waals surface area contributed by atoms with Crippen molar-refractivity contribution in [1.82, 2.24) is 0 Å². The van der Waals surface area contributed by atoms with Crippen molar-refractivity contribution in [3.05, 3.63) is 0 Å². The van der Waals surface area contributed by atoms with Gasteiger partial charge >= 0.3 is 0 Å². The van der Waals surface area contributed by atoms with E-state index < -0.39 is 0 Å². The molecule has 0 amide bonds. The van der Waals surface area contributed by atoms with Gasteiger partial charge in [-0.1, -0.05) is 20.3 Å². The van der Waals surface area contributed by atoms with Crippen molar-refractivity contribution in [2.75, 3.05) is 125 Å². The number of hydrogen-bond donors (Lipinski definition) is 0. The van der Waals surface area contributed by atoms with Crippen molar-refractivity contribution < 1.29 is 42.6 Å². The van der Waals surface area contributed by atoms with Gasteiger partial charge in [-0.25, -0.2) is 0 Å². The molecular weight excluding hydrogens is 456 g/mol. The zero-order chi connectivity index (χ0) is 24.1. The molecule has 200 valence electrons. The Labute approximate surface area is 205 Å². The van der Waals surface area contributed by atoms with Crippen LogP contribution in [0.25, 0.3) is 0 Å². The Bertz CT molecular complexity index is 354. The van der Waals surface area contributed by atoms with Gasteiger partial charge < -0.3 is 42.6 Å². The fourth-order valence-corrected chi connectivity index (χ4v) is 2.33. The summed E-state index contributed by atoms with van der Waals surface area (Å²) < 4.78 is 48.7. The van der Waals surface area contributed by atoms with E-state index in [-0.39, 0.29) is 0 Å². The van der Waals surface area contributed by atoms with Gasteiger partial charge in [-0.05, 0) is 5.92 Å². The zero-order valence-corrected chi connectivity index (χ0v) is 21.5. The molecule has 0 saturated carbocycles. The average Bonchev–Trinajstić information content (AvgIpc) is 2.83. The number of halogens is 1. The second-order valence-electron chi connectivity index (χ2n) is 7.18. The van der Waals surface area contributed by atoms with Gasteiger partial charge in [-0.3, -0.25) is 0 Å². The van der Waals surface area contributed by atoms with Crippen LogP contribution in [0.4, 0.5) is 0 Å². The first-order chi connectivity index (χ1) is 16.3. The molecule has 0 N–H and O–H groups in total. The van der Waals surface area contributed by atoms with Crippen LogP contribution in [-0.4, -0.2) is 125 Å². The van der Waals surface area contributed by atoms with Gasteiger partial charge in [0.25, 0.3) is 0 Å². The van der Waals surface area contributed by atoms with Crippen LogP contribution in [0.3, 0.4) is 0 Å². The third kappa shape index (κ3) is 29.9. The highest BCUT2D eigenvalue weighted by Gasteiger charge is 1.98. The maximum atomic E-state index is 5.52. The third-order valence-electron chi connectivity index (χ3n) is 4.30. The van der Waals surface area contributed by atoms with E-state index in [9.17, 15) is 0 Å². The monoisotopic (exact) mass is 502 g/mol. The smallest absolute Gasteiger partial charge is 0.0701 e. The predicted molar refractivity (Wildman–Crippen MR) is 128 cm³/mol. The molecule has 0 bridgehead atoms. The molecule has 9 nitrogen and oxygen atoms in total. The van der Waals surface area contributed by atoms with Crippen molar-refractivity contribution in [3.63, 3.8) is 0 Å². The van der Waals surface area contributed by atoms with Crippen molar-refractivity contribution in [3.8, 4) is 0 Å². The van der Waals surface area contributed by atoms with Gasteiger partial charge in [0.15, 0.2) is 0 Å². The summed E-state index contributed by atoms with van der Waals surface area (Å²) in [5, 5.41) is 0. The van der Waals surface area contributed by atoms with Crippen LogP contribution >= 0.6 is 11.6 Å². The summed E-state index contributed by atoms with van der Waals surface area (Å²) in [6, 6.07) is 0. The molecule has 1 unspecified atom stereocenters. The summed E-state index contributed by atoms with van der Waals surface area (Å²) in [5.41, 5.74) is 0. The molecule has 0 aromatic heterocycles. The van der Waals surface area contributed by atoms with E-state index in [0.29, 0.717) is 124 Å². The Morgan fingerprint density at radius 2 is 0.667 bits per heavy atom. The normalized spacial score (nSPS) is 12.5. The average molecular weight is 503 g/mol. The lowest BCUT2D eigenvalue weighted by Gasteiger charge is -2.10. The molecule has 1 atom stereocenters. The summed E-state index contributed by atoms with van der Waals surface area (Å²) >= 11 is 5.50. The topological polar surface area (TPSA) is 83.1 Å². The molecule has 0 fully saturated rings. The van der Waals surface area contributed by atoms with Gasteiger partial charge in [0, 0.05) is 12.5 Å². The Morgan fingerprint density at radius 3 is 0.909 bits per heavy atom. The molecular formula is C23H47ClO9. The quantitative estimate of drug-likeness (QED) is 0.113. The first kappa shape index (κ1) is 32.9. The van der Waals surface area contributed by atoms with Crippen molar-refractivity contribution >= 4 is 11.6 Å². The minimum Gasteiger partial charge on any atom is -0.379 e. The summed E-state index contributed by atoms with van der Waals surface area (Å²) in [4.78, 5) is 0. The fourth-order valence-electron chi connectivity index (χ4n) is 2.22. The third-order valence-corrected chi connectivity index (χ3v) is 4.45. The van der Waals surface area contributed by atoms with Crippen LogP contribution in [-0.2, 0) is 42.6 Å². The van der Waals surface area contributed by atoms with E-state index in [4.69, 9.17) is 54.2 Å². The van der Waals surface area contributed by atoms with Crippen molar-refractivity contribution in [2.45, 2.75) is 20.3 Å². The molecule has 0 aliphatic rings. The number of rotatable bonds is 29. The van der Waals surface area contributed by atoms with Gasteiger partial charge in [0.1, 0.15) is 0 Å². The van der Waals surface area contributed by atoms with Crippen LogP contribution in [0, 0.1) is 5.92 Å². The first-order valence-electron chi connectivity index (χ1n) is 12.1. The highest BCUT2D eigenvalue weighted by atomic mass is 35.5. The van der Waals surface area contributed by atoms with Gasteiger partial charge in [0.05, 0.1) is 112 Å². The molecule has 0 rings (SSSR count). The van der Waals surface area contributed by atoms with Gasteiger partial charge in [0.2, 0.25) is 0 Å². The molecule has 0 aromatic carbocycles. The first-order valence-corrected chi connectivity index (χ1v) is 12.6. The minimum atomic E-state index is 0.504. The number of ether oxygens (including phenoxy) is 9. The van der Waals surface area contributed by atoms with E-state index in [2.05, 4.69) is 13.8 Å². The van der Waals surface area contributed by atoms with Gasteiger partial charge in [-0.15, -0.1) is 11.6 Å². The second-order valence-corrected chi connectivity index (χ2v) is 7.55. The van der Waals surface area contributed by atoms with E-state index in [1.165, 1.54) is 0 Å². The Morgan fingerprint density at radius 1 is 0.424 bits per heavy atom. The molecule has 0 spiro atoms. The SMILES string of the molecule is CCC(C)COCCOCCOCCOCCOCCOCCOCCOCCOCCCl. The summed E-state index contributed by atoms with van der Waals surface area (Å²) in [7, 11) is 0. The lowest BCUT2D eigenvalue weighted by Crippen LogP contribution is -2.15. The molecule has 0 aliphatic carbocycles. The fraction of sp³-hybridized carbons (Fsp3) is 1.00. The van der Waals surface area contributed by atoms with E-state index in [1.54, 1.807) is 0 Å². The number of hydrogen-bond acceptors (Lipinski definition) is 9. The minimum absolute atomic E-state index is 0.504. The lowest BCUT2D eigenvalue weighted by atomic mass is 10.1. The van der Waals surface area contributed by atoms with Crippen LogP contribution in [0.1, 0.15) is 20.3 Å². The van der Waals surface area contributed by atoms with Gasteiger partial charge in [-0.2, -0.15) is 0 Å². The molecule has 0 aromatic rings. The molecule has 0 aliphatic heterocycles. The predicted octanol–water partition coefficient (Wildman–Crippen LogP) is 2.42. The number of alkyl halides is 1. The van der Waals surface area contributed by atoms with Crippen LogP contribution in [0.15, 0.2) is 0 Å². The molecule has 10 heteroatoms. The van der Waals surface area contributed by atoms with E-state index >= 15 is 0 Å². The van der Waals surface area contributed by atoms with Crippen LogP contribution < -0.4 is 0 Å². The lowest BCUT2D eigenvalue weighted by molar-refractivity contribution is -0.0253. The summed E-state index contributed by atoms with van der Waals surface area (Å²) in [6.07, 6.45) is 1.14. The van der Waals surface area contributed by atoms with Crippen molar-refractivity contribution in [2.24, 2.45) is 5.92 Å². The molecule has 0 radical (unpaired) electrons. The van der Waals surface area contributed by atoms with E-state index in [1.807, 2.05) is 0 Å². The second kappa shape index (κ2) is 30.0. The Kier molecular flexibility index (Phi) is 29.9. The maximum Gasteiger partial charge on any atom is 0.0701 e. The largest absolute Gasteiger partial charge is 0.379 e. The Hall–Kier alpha value is -0.0700. The maximum absolute atomic E-state index is 5.52. The van der Waals surface area contributed by atoms with Crippen molar-refractivity contribution in [1.29, 1.82) is 0 Å². The molecule has 0 saturated heterocycles. The summed E-state index contributed by atoms with van der Waals surface area (Å²) in [6.45, 7) is 14.5. The Balaban J connectivity index is 3.01. The zero-order valence-electron chi connectivity index (χ0n) is 20.8. The highest BCUT2D eigenvalue weighted by Crippen LogP contribution is 1.99. The molecule has 0 heterocycles.